The van der Waals surface area contributed by atoms with Gasteiger partial charge in [-0.05, 0) is 24.3 Å². The summed E-state index contributed by atoms with van der Waals surface area (Å²) in [5.74, 6) is 0.0638. The van der Waals surface area contributed by atoms with Crippen molar-refractivity contribution in [1.82, 2.24) is 19.9 Å². The molecule has 0 atom stereocenters. The van der Waals surface area contributed by atoms with Crippen LogP contribution in [-0.4, -0.2) is 57.1 Å². The number of carbonyl (C=O) groups is 1. The minimum absolute atomic E-state index is 0.132. The van der Waals surface area contributed by atoms with Gasteiger partial charge in [0.1, 0.15) is 17.8 Å². The Hall–Kier alpha value is -3.42. The molecule has 4 rings (SSSR count). The number of rotatable bonds is 3. The number of amides is 1. The molecule has 1 aromatic heterocycles. The fourth-order valence-electron chi connectivity index (χ4n) is 3.28. The molecule has 1 aliphatic heterocycles. The average Bonchev–Trinajstić information content (AvgIpc) is 2.71. The van der Waals surface area contributed by atoms with E-state index in [4.69, 9.17) is 0 Å². The van der Waals surface area contributed by atoms with Gasteiger partial charge in [-0.3, -0.25) is 9.59 Å². The number of phenolic OH excluding ortho intramolecular Hbond substituents is 1. The van der Waals surface area contributed by atoms with E-state index in [1.54, 1.807) is 41.3 Å². The molecular formula is C19H19N5O3. The predicted molar refractivity (Wildman–Crippen MR) is 101 cm³/mol. The maximum atomic E-state index is 12.6. The van der Waals surface area contributed by atoms with Crippen molar-refractivity contribution in [3.63, 3.8) is 0 Å². The van der Waals surface area contributed by atoms with Crippen LogP contribution in [0.1, 0.15) is 0 Å². The third-order valence-electron chi connectivity index (χ3n) is 4.77. The lowest BCUT2D eigenvalue weighted by Gasteiger charge is -2.36. The molecule has 0 saturated carbocycles. The first-order valence-electron chi connectivity index (χ1n) is 8.77. The van der Waals surface area contributed by atoms with Crippen LogP contribution in [0.15, 0.2) is 53.3 Å². The number of fused-ring (bicyclic) bond motifs is 1. The molecule has 0 aliphatic carbocycles. The molecule has 8 heteroatoms. The smallest absolute Gasteiger partial charge is 0.278 e. The monoisotopic (exact) mass is 365 g/mol. The molecule has 2 aromatic carbocycles. The molecule has 1 saturated heterocycles. The van der Waals surface area contributed by atoms with Crippen molar-refractivity contribution in [1.29, 1.82) is 0 Å². The Bertz CT molecular complexity index is 1040. The highest BCUT2D eigenvalue weighted by Crippen LogP contribution is 2.27. The summed E-state index contributed by atoms with van der Waals surface area (Å²) in [5, 5.41) is 18.3. The summed E-state index contributed by atoms with van der Waals surface area (Å²) < 4.78 is 1.11. The van der Waals surface area contributed by atoms with Gasteiger partial charge >= 0.3 is 0 Å². The van der Waals surface area contributed by atoms with Gasteiger partial charge in [0.2, 0.25) is 5.91 Å². The first-order valence-corrected chi connectivity index (χ1v) is 8.77. The SMILES string of the molecule is O=C(Cn1nnc2ccccc2c1=O)N1CCN(c2ccccc2O)CC1. The molecule has 0 unspecified atom stereocenters. The number of para-hydroxylation sites is 2. The van der Waals surface area contributed by atoms with E-state index >= 15 is 0 Å². The Labute approximate surface area is 155 Å². The standard InChI is InChI=1S/C19H19N5O3/c25-17-8-4-3-7-16(17)22-9-11-23(12-10-22)18(26)13-24-19(27)14-5-1-2-6-15(14)20-21-24/h1-8,25H,9-13H2. The quantitative estimate of drug-likeness (QED) is 0.740. The third kappa shape index (κ3) is 3.33. The van der Waals surface area contributed by atoms with Gasteiger partial charge in [-0.25, -0.2) is 4.68 Å². The van der Waals surface area contributed by atoms with Gasteiger partial charge in [0, 0.05) is 26.2 Å². The molecule has 1 fully saturated rings. The maximum Gasteiger partial charge on any atom is 0.278 e. The average molecular weight is 365 g/mol. The molecule has 0 radical (unpaired) electrons. The van der Waals surface area contributed by atoms with Crippen molar-refractivity contribution in [3.05, 3.63) is 58.9 Å². The van der Waals surface area contributed by atoms with E-state index in [0.717, 1.165) is 10.4 Å². The molecular weight excluding hydrogens is 346 g/mol. The largest absolute Gasteiger partial charge is 0.506 e. The Morgan fingerprint density at radius 2 is 1.70 bits per heavy atom. The number of aromatic nitrogens is 3. The normalized spacial score (nSPS) is 14.5. The zero-order chi connectivity index (χ0) is 18.8. The van der Waals surface area contributed by atoms with E-state index in [-0.39, 0.29) is 23.8 Å². The zero-order valence-corrected chi connectivity index (χ0v) is 14.7. The lowest BCUT2D eigenvalue weighted by Crippen LogP contribution is -2.50. The predicted octanol–water partition coefficient (Wildman–Crippen LogP) is 0.846. The molecule has 27 heavy (non-hydrogen) atoms. The van der Waals surface area contributed by atoms with E-state index in [1.807, 2.05) is 17.0 Å². The van der Waals surface area contributed by atoms with Crippen LogP contribution in [-0.2, 0) is 11.3 Å². The number of hydrogen-bond acceptors (Lipinski definition) is 6. The van der Waals surface area contributed by atoms with Gasteiger partial charge in [0.25, 0.3) is 5.56 Å². The van der Waals surface area contributed by atoms with Gasteiger partial charge in [-0.2, -0.15) is 0 Å². The summed E-state index contributed by atoms with van der Waals surface area (Å²) in [6, 6.07) is 14.1. The highest BCUT2D eigenvalue weighted by Gasteiger charge is 2.23. The second kappa shape index (κ2) is 7.06. The van der Waals surface area contributed by atoms with Gasteiger partial charge in [0.15, 0.2) is 0 Å². The number of hydrogen-bond donors (Lipinski definition) is 1. The summed E-state index contributed by atoms with van der Waals surface area (Å²) in [6.07, 6.45) is 0. The molecule has 2 heterocycles. The van der Waals surface area contributed by atoms with E-state index in [1.165, 1.54) is 0 Å². The van der Waals surface area contributed by atoms with Gasteiger partial charge in [-0.1, -0.05) is 29.5 Å². The highest BCUT2D eigenvalue weighted by atomic mass is 16.3. The number of benzene rings is 2. The lowest BCUT2D eigenvalue weighted by atomic mass is 10.2. The van der Waals surface area contributed by atoms with Crippen molar-refractivity contribution < 1.29 is 9.90 Å². The van der Waals surface area contributed by atoms with Crippen LogP contribution in [0.2, 0.25) is 0 Å². The summed E-state index contributed by atoms with van der Waals surface area (Å²) in [7, 11) is 0. The molecule has 138 valence electrons. The van der Waals surface area contributed by atoms with Crippen LogP contribution in [0.5, 0.6) is 5.75 Å². The van der Waals surface area contributed by atoms with Gasteiger partial charge in [-0.15, -0.1) is 5.10 Å². The summed E-state index contributed by atoms with van der Waals surface area (Å²) in [4.78, 5) is 28.8. The second-order valence-electron chi connectivity index (χ2n) is 6.43. The summed E-state index contributed by atoms with van der Waals surface area (Å²) in [5.41, 5.74) is 0.963. The number of piperazine rings is 1. The van der Waals surface area contributed by atoms with Crippen LogP contribution in [0, 0.1) is 0 Å². The van der Waals surface area contributed by atoms with Crippen molar-refractivity contribution in [2.24, 2.45) is 0 Å². The number of anilines is 1. The molecule has 3 aromatic rings. The van der Waals surface area contributed by atoms with Crippen molar-refractivity contribution >= 4 is 22.5 Å². The second-order valence-corrected chi connectivity index (χ2v) is 6.43. The van der Waals surface area contributed by atoms with Crippen LogP contribution < -0.4 is 10.5 Å². The number of carbonyl (C=O) groups excluding carboxylic acids is 1. The van der Waals surface area contributed by atoms with Crippen LogP contribution >= 0.6 is 0 Å². The Morgan fingerprint density at radius 3 is 2.48 bits per heavy atom. The third-order valence-corrected chi connectivity index (χ3v) is 4.77. The lowest BCUT2D eigenvalue weighted by molar-refractivity contribution is -0.132. The zero-order valence-electron chi connectivity index (χ0n) is 14.7. The Kier molecular flexibility index (Phi) is 4.45. The summed E-state index contributed by atoms with van der Waals surface area (Å²) >= 11 is 0. The van der Waals surface area contributed by atoms with E-state index in [2.05, 4.69) is 10.3 Å². The topological polar surface area (TPSA) is 91.6 Å². The van der Waals surface area contributed by atoms with Crippen molar-refractivity contribution in [2.45, 2.75) is 6.54 Å². The molecule has 0 spiro atoms. The maximum absolute atomic E-state index is 12.6. The fraction of sp³-hybridized carbons (Fsp3) is 0.263. The molecule has 8 nitrogen and oxygen atoms in total. The van der Waals surface area contributed by atoms with Gasteiger partial charge < -0.3 is 14.9 Å². The molecule has 1 aliphatic rings. The number of aromatic hydroxyl groups is 1. The number of nitrogens with zero attached hydrogens (tertiary/aromatic N) is 5. The minimum atomic E-state index is -0.318. The van der Waals surface area contributed by atoms with E-state index in [9.17, 15) is 14.7 Å². The fourth-order valence-corrected chi connectivity index (χ4v) is 3.28. The van der Waals surface area contributed by atoms with E-state index < -0.39 is 0 Å². The van der Waals surface area contributed by atoms with Crippen molar-refractivity contribution in [2.75, 3.05) is 31.1 Å². The first kappa shape index (κ1) is 17.0. The Morgan fingerprint density at radius 1 is 1.00 bits per heavy atom. The molecule has 1 N–H and O–H groups in total. The van der Waals surface area contributed by atoms with E-state index in [0.29, 0.717) is 37.1 Å². The minimum Gasteiger partial charge on any atom is -0.506 e. The molecule has 1 amide bonds. The molecule has 0 bridgehead atoms. The van der Waals surface area contributed by atoms with Crippen LogP contribution in [0.3, 0.4) is 0 Å². The van der Waals surface area contributed by atoms with Crippen molar-refractivity contribution in [3.8, 4) is 5.75 Å². The first-order chi connectivity index (χ1) is 13.1. The van der Waals surface area contributed by atoms with Crippen LogP contribution in [0.4, 0.5) is 5.69 Å². The Balaban J connectivity index is 1.44. The highest BCUT2D eigenvalue weighted by molar-refractivity contribution is 5.78. The van der Waals surface area contributed by atoms with Gasteiger partial charge in [0.05, 0.1) is 11.1 Å². The summed E-state index contributed by atoms with van der Waals surface area (Å²) in [6.45, 7) is 2.13. The number of phenols is 1. The van der Waals surface area contributed by atoms with Crippen LogP contribution in [0.25, 0.3) is 10.9 Å².